The summed E-state index contributed by atoms with van der Waals surface area (Å²) in [5.41, 5.74) is 9.40. The Hall–Kier alpha value is -4.42. The maximum absolute atomic E-state index is 14.4. The van der Waals surface area contributed by atoms with Crippen LogP contribution in [-0.4, -0.2) is 64.3 Å². The molecule has 1 fully saturated rings. The normalized spacial score (nSPS) is 19.1. The van der Waals surface area contributed by atoms with Crippen LogP contribution in [0.4, 0.5) is 19.1 Å². The number of piperidine rings is 1. The predicted molar refractivity (Wildman–Crippen MR) is 140 cm³/mol. The lowest BCUT2D eigenvalue weighted by Crippen LogP contribution is -2.44. The molecule has 13 heteroatoms. The summed E-state index contributed by atoms with van der Waals surface area (Å²) in [6.07, 6.45) is -0.403. The maximum Gasteiger partial charge on any atom is 0.263 e. The zero-order chi connectivity index (χ0) is 28.4. The van der Waals surface area contributed by atoms with E-state index in [1.165, 1.54) is 24.1 Å². The molecule has 10 nitrogen and oxygen atoms in total. The molecule has 210 valence electrons. The standard InChI is InChI=1S/C27H28F3N7O3/c1-15-24-21(35-26(31)32-15)13-20(17-7-6-16(28)12-18(17)19-4-3-5-22(33-19)39-2)34-25(24)36-40-14-23(38)37-10-8-27(29,30)9-11-37/h3-7,12,20H,8-11,13-14H2,1-2H3,(H,34,36)(H2,31,32,35). The van der Waals surface area contributed by atoms with Crippen LogP contribution in [-0.2, 0) is 16.1 Å². The molecule has 4 heterocycles. The smallest absolute Gasteiger partial charge is 0.263 e. The van der Waals surface area contributed by atoms with Crippen molar-refractivity contribution in [3.05, 3.63) is 64.7 Å². The SMILES string of the molecule is COc1cccc(-c2cc(F)ccc2C2Cc3nc(N)nc(C)c3/C(=N/OCC(=O)N3CCC(F)(F)CC3)N2)n1. The van der Waals surface area contributed by atoms with Crippen LogP contribution in [0.3, 0.4) is 0 Å². The number of pyridine rings is 1. The summed E-state index contributed by atoms with van der Waals surface area (Å²) >= 11 is 0. The van der Waals surface area contributed by atoms with E-state index in [0.29, 0.717) is 46.1 Å². The number of nitrogen functional groups attached to an aromatic ring is 1. The molecular formula is C27H28F3N7O3. The lowest BCUT2D eigenvalue weighted by atomic mass is 9.90. The molecule has 0 bridgehead atoms. The molecule has 0 spiro atoms. The number of aromatic nitrogens is 3. The summed E-state index contributed by atoms with van der Waals surface area (Å²) in [5.74, 6) is -2.92. The van der Waals surface area contributed by atoms with E-state index in [0.717, 1.165) is 0 Å². The van der Waals surface area contributed by atoms with E-state index in [-0.39, 0.29) is 37.7 Å². The average Bonchev–Trinajstić information content (AvgIpc) is 2.92. The number of hydrogen-bond donors (Lipinski definition) is 2. The number of aryl methyl sites for hydroxylation is 1. The minimum absolute atomic E-state index is 0.0488. The lowest BCUT2D eigenvalue weighted by molar-refractivity contribution is -0.142. The zero-order valence-electron chi connectivity index (χ0n) is 22.0. The van der Waals surface area contributed by atoms with Crippen molar-refractivity contribution in [1.29, 1.82) is 0 Å². The summed E-state index contributed by atoms with van der Waals surface area (Å²) in [4.78, 5) is 32.4. The van der Waals surface area contributed by atoms with Crippen molar-refractivity contribution in [2.45, 2.75) is 38.2 Å². The zero-order valence-corrected chi connectivity index (χ0v) is 22.0. The topological polar surface area (TPSA) is 128 Å². The molecule has 0 aliphatic carbocycles. The fourth-order valence-electron chi connectivity index (χ4n) is 4.91. The first-order valence-corrected chi connectivity index (χ1v) is 12.7. The molecule has 2 aromatic heterocycles. The van der Waals surface area contributed by atoms with Gasteiger partial charge in [0.05, 0.1) is 35.8 Å². The van der Waals surface area contributed by atoms with Crippen LogP contribution in [0.2, 0.25) is 0 Å². The van der Waals surface area contributed by atoms with Crippen molar-refractivity contribution in [2.24, 2.45) is 5.16 Å². The number of rotatable bonds is 6. The Balaban J connectivity index is 1.44. The van der Waals surface area contributed by atoms with Gasteiger partial charge in [0.15, 0.2) is 12.4 Å². The quantitative estimate of drug-likeness (QED) is 0.443. The number of nitrogens with two attached hydrogens (primary N) is 1. The van der Waals surface area contributed by atoms with Crippen molar-refractivity contribution in [3.63, 3.8) is 0 Å². The van der Waals surface area contributed by atoms with E-state index < -0.39 is 30.3 Å². The fourth-order valence-corrected chi connectivity index (χ4v) is 4.91. The van der Waals surface area contributed by atoms with Crippen LogP contribution >= 0.6 is 0 Å². The number of nitrogens with zero attached hydrogens (tertiary/aromatic N) is 5. The largest absolute Gasteiger partial charge is 0.481 e. The second kappa shape index (κ2) is 11.0. The van der Waals surface area contributed by atoms with Gasteiger partial charge in [-0.2, -0.15) is 0 Å². The average molecular weight is 556 g/mol. The number of ether oxygens (including phenoxy) is 1. The van der Waals surface area contributed by atoms with Gasteiger partial charge in [-0.05, 0) is 30.7 Å². The van der Waals surface area contributed by atoms with Crippen molar-refractivity contribution >= 4 is 17.7 Å². The second-order valence-electron chi connectivity index (χ2n) is 9.64. The number of oxime groups is 1. The lowest BCUT2D eigenvalue weighted by Gasteiger charge is -2.31. The number of amidine groups is 1. The molecule has 2 aliphatic heterocycles. The van der Waals surface area contributed by atoms with E-state index in [4.69, 9.17) is 15.3 Å². The van der Waals surface area contributed by atoms with Crippen LogP contribution in [0.5, 0.6) is 5.88 Å². The minimum atomic E-state index is -2.76. The van der Waals surface area contributed by atoms with Crippen LogP contribution in [0.25, 0.3) is 11.3 Å². The molecule has 1 amide bonds. The van der Waals surface area contributed by atoms with E-state index >= 15 is 0 Å². The van der Waals surface area contributed by atoms with E-state index in [9.17, 15) is 18.0 Å². The second-order valence-corrected chi connectivity index (χ2v) is 9.64. The maximum atomic E-state index is 14.4. The number of alkyl halides is 2. The van der Waals surface area contributed by atoms with Gasteiger partial charge in [0, 0.05) is 44.0 Å². The Bertz CT molecular complexity index is 1460. The number of halogens is 3. The predicted octanol–water partition coefficient (Wildman–Crippen LogP) is 3.40. The Morgan fingerprint density at radius 3 is 2.73 bits per heavy atom. The van der Waals surface area contributed by atoms with Gasteiger partial charge in [-0.15, -0.1) is 0 Å². The molecule has 5 rings (SSSR count). The molecule has 0 saturated carbocycles. The molecule has 1 aromatic carbocycles. The highest BCUT2D eigenvalue weighted by atomic mass is 19.3. The summed E-state index contributed by atoms with van der Waals surface area (Å²) in [7, 11) is 1.50. The molecule has 0 radical (unpaired) electrons. The Kier molecular flexibility index (Phi) is 7.46. The van der Waals surface area contributed by atoms with Gasteiger partial charge in [-0.25, -0.2) is 28.1 Å². The molecule has 1 unspecified atom stereocenters. The van der Waals surface area contributed by atoms with Gasteiger partial charge in [0.1, 0.15) is 5.82 Å². The monoisotopic (exact) mass is 555 g/mol. The fraction of sp³-hybridized carbons (Fsp3) is 0.370. The molecular weight excluding hydrogens is 527 g/mol. The number of methoxy groups -OCH3 is 1. The van der Waals surface area contributed by atoms with E-state index in [1.807, 2.05) is 0 Å². The number of benzene rings is 1. The van der Waals surface area contributed by atoms with Crippen molar-refractivity contribution in [3.8, 4) is 17.1 Å². The molecule has 3 aromatic rings. The highest BCUT2D eigenvalue weighted by molar-refractivity contribution is 6.01. The molecule has 1 atom stereocenters. The van der Waals surface area contributed by atoms with E-state index in [1.54, 1.807) is 31.2 Å². The number of amides is 1. The van der Waals surface area contributed by atoms with Crippen LogP contribution in [0.1, 0.15) is 41.4 Å². The Morgan fingerprint density at radius 2 is 1.98 bits per heavy atom. The summed E-state index contributed by atoms with van der Waals surface area (Å²) in [6.45, 7) is 1.22. The van der Waals surface area contributed by atoms with E-state index in [2.05, 4.69) is 25.4 Å². The number of likely N-dealkylation sites (tertiary alicyclic amines) is 1. The summed E-state index contributed by atoms with van der Waals surface area (Å²) in [5, 5.41) is 7.49. The van der Waals surface area contributed by atoms with Gasteiger partial charge in [0.2, 0.25) is 11.8 Å². The first kappa shape index (κ1) is 27.2. The number of carbonyl (C=O) groups excluding carboxylic acids is 1. The number of hydrogen-bond acceptors (Lipinski definition) is 8. The highest BCUT2D eigenvalue weighted by Gasteiger charge is 2.36. The molecule has 1 saturated heterocycles. The van der Waals surface area contributed by atoms with Crippen molar-refractivity contribution in [1.82, 2.24) is 25.2 Å². The van der Waals surface area contributed by atoms with Crippen LogP contribution in [0.15, 0.2) is 41.6 Å². The van der Waals surface area contributed by atoms with Crippen molar-refractivity contribution < 1.29 is 27.5 Å². The van der Waals surface area contributed by atoms with Crippen LogP contribution < -0.4 is 15.8 Å². The van der Waals surface area contributed by atoms with Crippen molar-refractivity contribution in [2.75, 3.05) is 32.5 Å². The van der Waals surface area contributed by atoms with Gasteiger partial charge in [0.25, 0.3) is 11.8 Å². The summed E-state index contributed by atoms with van der Waals surface area (Å²) in [6, 6.07) is 9.15. The first-order valence-electron chi connectivity index (χ1n) is 12.7. The highest BCUT2D eigenvalue weighted by Crippen LogP contribution is 2.34. The van der Waals surface area contributed by atoms with Gasteiger partial charge >= 0.3 is 0 Å². The number of anilines is 1. The van der Waals surface area contributed by atoms with Gasteiger partial charge in [-0.1, -0.05) is 17.3 Å². The van der Waals surface area contributed by atoms with Crippen LogP contribution in [0, 0.1) is 12.7 Å². The molecule has 40 heavy (non-hydrogen) atoms. The first-order chi connectivity index (χ1) is 19.1. The molecule has 3 N–H and O–H groups in total. The Labute approximate surface area is 228 Å². The van der Waals surface area contributed by atoms with Gasteiger partial charge in [-0.3, -0.25) is 4.79 Å². The number of carbonyl (C=O) groups is 1. The minimum Gasteiger partial charge on any atom is -0.481 e. The Morgan fingerprint density at radius 1 is 1.20 bits per heavy atom. The third-order valence-corrected chi connectivity index (χ3v) is 6.92. The summed E-state index contributed by atoms with van der Waals surface area (Å²) < 4.78 is 46.6. The number of fused-ring (bicyclic) bond motifs is 1. The number of nitrogens with one attached hydrogen (secondary N) is 1. The third kappa shape index (κ3) is 5.77. The molecule has 2 aliphatic rings. The van der Waals surface area contributed by atoms with Gasteiger partial charge < -0.3 is 25.5 Å². The third-order valence-electron chi connectivity index (χ3n) is 6.92.